The van der Waals surface area contributed by atoms with Crippen LogP contribution in [0, 0.1) is 0 Å². The zero-order valence-corrected chi connectivity index (χ0v) is 10.1. The highest BCUT2D eigenvalue weighted by Gasteiger charge is 2.20. The van der Waals surface area contributed by atoms with Crippen LogP contribution in [0.4, 0.5) is 0 Å². The number of carboxylic acid groups (broad SMARTS) is 1. The van der Waals surface area contributed by atoms with Crippen molar-refractivity contribution >= 4 is 17.8 Å². The molecule has 0 aromatic carbocycles. The van der Waals surface area contributed by atoms with Gasteiger partial charge in [0.15, 0.2) is 0 Å². The number of rotatable bonds is 8. The maximum atomic E-state index is 11.4. The SMILES string of the molecule is CN(C)CCC(=O)N[C@H](CCC(N)=O)C(=O)O. The lowest BCUT2D eigenvalue weighted by molar-refractivity contribution is -0.142. The van der Waals surface area contributed by atoms with E-state index in [4.69, 9.17) is 10.8 Å². The summed E-state index contributed by atoms with van der Waals surface area (Å²) < 4.78 is 0. The van der Waals surface area contributed by atoms with Crippen molar-refractivity contribution in [2.24, 2.45) is 5.73 Å². The van der Waals surface area contributed by atoms with Crippen LogP contribution in [0.2, 0.25) is 0 Å². The molecule has 0 heterocycles. The smallest absolute Gasteiger partial charge is 0.326 e. The van der Waals surface area contributed by atoms with E-state index in [2.05, 4.69) is 5.32 Å². The molecular weight excluding hydrogens is 226 g/mol. The lowest BCUT2D eigenvalue weighted by Crippen LogP contribution is -2.42. The van der Waals surface area contributed by atoms with Crippen molar-refractivity contribution in [2.45, 2.75) is 25.3 Å². The number of nitrogens with one attached hydrogen (secondary N) is 1. The van der Waals surface area contributed by atoms with Crippen molar-refractivity contribution in [2.75, 3.05) is 20.6 Å². The summed E-state index contributed by atoms with van der Waals surface area (Å²) in [4.78, 5) is 34.6. The van der Waals surface area contributed by atoms with Crippen molar-refractivity contribution in [1.82, 2.24) is 10.2 Å². The summed E-state index contributed by atoms with van der Waals surface area (Å²) in [5.41, 5.74) is 4.92. The molecule has 7 heteroatoms. The van der Waals surface area contributed by atoms with Gasteiger partial charge in [-0.25, -0.2) is 4.79 Å². The van der Waals surface area contributed by atoms with E-state index in [1.165, 1.54) is 0 Å². The molecule has 0 bridgehead atoms. The third-order valence-corrected chi connectivity index (χ3v) is 2.10. The van der Waals surface area contributed by atoms with Crippen molar-refractivity contribution < 1.29 is 19.5 Å². The first-order chi connectivity index (χ1) is 7.82. The van der Waals surface area contributed by atoms with Crippen LogP contribution in [0.1, 0.15) is 19.3 Å². The Morgan fingerprint density at radius 2 is 1.88 bits per heavy atom. The molecule has 0 aliphatic carbocycles. The lowest BCUT2D eigenvalue weighted by atomic mass is 10.1. The molecule has 98 valence electrons. The highest BCUT2D eigenvalue weighted by Crippen LogP contribution is 1.98. The minimum Gasteiger partial charge on any atom is -0.480 e. The highest BCUT2D eigenvalue weighted by atomic mass is 16.4. The number of hydrogen-bond donors (Lipinski definition) is 3. The van der Waals surface area contributed by atoms with Crippen molar-refractivity contribution in [3.05, 3.63) is 0 Å². The topological polar surface area (TPSA) is 113 Å². The van der Waals surface area contributed by atoms with Crippen LogP contribution in [-0.2, 0) is 14.4 Å². The molecule has 4 N–H and O–H groups in total. The first-order valence-corrected chi connectivity index (χ1v) is 5.28. The Kier molecular flexibility index (Phi) is 6.88. The average Bonchev–Trinajstić information content (AvgIpc) is 2.20. The summed E-state index contributed by atoms with van der Waals surface area (Å²) in [6, 6.07) is -1.06. The fraction of sp³-hybridized carbons (Fsp3) is 0.700. The Morgan fingerprint density at radius 3 is 2.29 bits per heavy atom. The third kappa shape index (κ3) is 8.21. The lowest BCUT2D eigenvalue weighted by Gasteiger charge is -2.15. The fourth-order valence-electron chi connectivity index (χ4n) is 1.14. The van der Waals surface area contributed by atoms with Crippen LogP contribution in [0.15, 0.2) is 0 Å². The molecule has 0 unspecified atom stereocenters. The predicted octanol–water partition coefficient (Wildman–Crippen LogP) is -1.23. The summed E-state index contributed by atoms with van der Waals surface area (Å²) in [5, 5.41) is 11.2. The van der Waals surface area contributed by atoms with Gasteiger partial charge in [0.05, 0.1) is 0 Å². The number of aliphatic carboxylic acids is 1. The van der Waals surface area contributed by atoms with E-state index >= 15 is 0 Å². The number of carboxylic acids is 1. The Hall–Kier alpha value is -1.63. The Balaban J connectivity index is 4.11. The number of carbonyl (C=O) groups excluding carboxylic acids is 2. The Bertz CT molecular complexity index is 291. The summed E-state index contributed by atoms with van der Waals surface area (Å²) >= 11 is 0. The quantitative estimate of drug-likeness (QED) is 0.496. The van der Waals surface area contributed by atoms with Gasteiger partial charge in [-0.2, -0.15) is 0 Å². The molecule has 0 aromatic rings. The molecule has 0 fully saturated rings. The number of carbonyl (C=O) groups is 3. The maximum absolute atomic E-state index is 11.4. The van der Waals surface area contributed by atoms with Gasteiger partial charge in [-0.15, -0.1) is 0 Å². The van der Waals surface area contributed by atoms with Crippen molar-refractivity contribution in [1.29, 1.82) is 0 Å². The number of amides is 2. The monoisotopic (exact) mass is 245 g/mol. The van der Waals surface area contributed by atoms with Gasteiger partial charge in [0, 0.05) is 19.4 Å². The summed E-state index contributed by atoms with van der Waals surface area (Å²) in [6.07, 6.45) is 0.163. The van der Waals surface area contributed by atoms with Gasteiger partial charge in [-0.3, -0.25) is 9.59 Å². The second-order valence-corrected chi connectivity index (χ2v) is 4.02. The summed E-state index contributed by atoms with van der Waals surface area (Å²) in [6.45, 7) is 0.536. The molecule has 0 saturated carbocycles. The van der Waals surface area contributed by atoms with E-state index in [0.29, 0.717) is 6.54 Å². The molecule has 0 aliphatic rings. The van der Waals surface area contributed by atoms with E-state index in [0.717, 1.165) is 0 Å². The van der Waals surface area contributed by atoms with Gasteiger partial charge >= 0.3 is 5.97 Å². The Labute approximate surface area is 100.0 Å². The van der Waals surface area contributed by atoms with Crippen LogP contribution in [-0.4, -0.2) is 54.5 Å². The fourth-order valence-corrected chi connectivity index (χ4v) is 1.14. The standard InChI is InChI=1S/C10H19N3O4/c1-13(2)6-5-9(15)12-7(10(16)17)3-4-8(11)14/h7H,3-6H2,1-2H3,(H2,11,14)(H,12,15)(H,16,17)/t7-/m1/s1. The van der Waals surface area contributed by atoms with E-state index in [1.54, 1.807) is 0 Å². The molecule has 0 aromatic heterocycles. The molecule has 0 aliphatic heterocycles. The van der Waals surface area contributed by atoms with E-state index in [1.807, 2.05) is 19.0 Å². The van der Waals surface area contributed by atoms with Crippen LogP contribution in [0.3, 0.4) is 0 Å². The van der Waals surface area contributed by atoms with Gasteiger partial charge in [0.1, 0.15) is 6.04 Å². The molecule has 0 rings (SSSR count). The van der Waals surface area contributed by atoms with Gasteiger partial charge in [-0.1, -0.05) is 0 Å². The van der Waals surface area contributed by atoms with Crippen molar-refractivity contribution in [3.63, 3.8) is 0 Å². The number of nitrogens with two attached hydrogens (primary N) is 1. The van der Waals surface area contributed by atoms with Gasteiger partial charge in [0.25, 0.3) is 0 Å². The average molecular weight is 245 g/mol. The molecule has 1 atom stereocenters. The number of primary amides is 1. The molecular formula is C10H19N3O4. The zero-order chi connectivity index (χ0) is 13.4. The molecule has 7 nitrogen and oxygen atoms in total. The van der Waals surface area contributed by atoms with Gasteiger partial charge < -0.3 is 21.1 Å². The number of nitrogens with zero attached hydrogens (tertiary/aromatic N) is 1. The van der Waals surface area contributed by atoms with Crippen LogP contribution >= 0.6 is 0 Å². The molecule has 0 radical (unpaired) electrons. The van der Waals surface area contributed by atoms with E-state index in [9.17, 15) is 14.4 Å². The van der Waals surface area contributed by atoms with Crippen LogP contribution < -0.4 is 11.1 Å². The summed E-state index contributed by atoms with van der Waals surface area (Å²) in [7, 11) is 3.63. The second kappa shape index (κ2) is 7.61. The van der Waals surface area contributed by atoms with E-state index < -0.39 is 17.9 Å². The predicted molar refractivity (Wildman–Crippen MR) is 61.2 cm³/mol. The van der Waals surface area contributed by atoms with Crippen molar-refractivity contribution in [3.8, 4) is 0 Å². The maximum Gasteiger partial charge on any atom is 0.326 e. The minimum atomic E-state index is -1.16. The van der Waals surface area contributed by atoms with Crippen LogP contribution in [0.25, 0.3) is 0 Å². The second-order valence-electron chi connectivity index (χ2n) is 4.02. The number of hydrogen-bond acceptors (Lipinski definition) is 4. The zero-order valence-electron chi connectivity index (χ0n) is 10.1. The molecule has 17 heavy (non-hydrogen) atoms. The third-order valence-electron chi connectivity index (χ3n) is 2.10. The molecule has 0 spiro atoms. The summed E-state index contributed by atoms with van der Waals surface area (Å²) in [5.74, 6) is -2.10. The van der Waals surface area contributed by atoms with Gasteiger partial charge in [-0.05, 0) is 20.5 Å². The first-order valence-electron chi connectivity index (χ1n) is 5.28. The van der Waals surface area contributed by atoms with Gasteiger partial charge in [0.2, 0.25) is 11.8 Å². The highest BCUT2D eigenvalue weighted by molar-refractivity contribution is 5.84. The Morgan fingerprint density at radius 1 is 1.29 bits per heavy atom. The van der Waals surface area contributed by atoms with E-state index in [-0.39, 0.29) is 25.2 Å². The van der Waals surface area contributed by atoms with Crippen LogP contribution in [0.5, 0.6) is 0 Å². The molecule has 0 saturated heterocycles. The first kappa shape index (κ1) is 15.4. The molecule has 2 amide bonds. The largest absolute Gasteiger partial charge is 0.480 e. The minimum absolute atomic E-state index is 0.0123. The normalized spacial score (nSPS) is 12.2.